The molecule has 1 amide bonds. The quantitative estimate of drug-likeness (QED) is 0.575. The van der Waals surface area contributed by atoms with Crippen LogP contribution in [0.2, 0.25) is 0 Å². The standard InChI is InChI=1S/C9H14N4O3/c1-11(4-3-10)9(14)8-5-7(13(15)16)6-12(8)2/h5-6H,3-4,10H2,1-2H3. The minimum Gasteiger partial charge on any atom is -0.340 e. The number of rotatable bonds is 4. The molecule has 0 aliphatic heterocycles. The van der Waals surface area contributed by atoms with Gasteiger partial charge in [-0.2, -0.15) is 0 Å². The molecule has 1 heterocycles. The van der Waals surface area contributed by atoms with E-state index in [1.54, 1.807) is 14.1 Å². The van der Waals surface area contributed by atoms with Crippen LogP contribution in [0.25, 0.3) is 0 Å². The SMILES string of the molecule is CN(CCN)C(=O)c1cc([N+](=O)[O-])cn1C. The molecule has 0 aromatic carbocycles. The van der Waals surface area contributed by atoms with E-state index < -0.39 is 4.92 Å². The molecule has 0 fully saturated rings. The van der Waals surface area contributed by atoms with Crippen LogP contribution in [0.5, 0.6) is 0 Å². The van der Waals surface area contributed by atoms with Gasteiger partial charge in [-0.15, -0.1) is 0 Å². The van der Waals surface area contributed by atoms with E-state index in [2.05, 4.69) is 0 Å². The van der Waals surface area contributed by atoms with Crippen LogP contribution >= 0.6 is 0 Å². The number of aromatic nitrogens is 1. The highest BCUT2D eigenvalue weighted by Gasteiger charge is 2.19. The van der Waals surface area contributed by atoms with E-state index in [0.717, 1.165) is 0 Å². The van der Waals surface area contributed by atoms with E-state index >= 15 is 0 Å². The van der Waals surface area contributed by atoms with Crippen molar-refractivity contribution in [3.63, 3.8) is 0 Å². The van der Waals surface area contributed by atoms with Crippen molar-refractivity contribution in [1.82, 2.24) is 9.47 Å². The van der Waals surface area contributed by atoms with E-state index in [9.17, 15) is 14.9 Å². The van der Waals surface area contributed by atoms with Crippen molar-refractivity contribution in [3.05, 3.63) is 28.1 Å². The van der Waals surface area contributed by atoms with Gasteiger partial charge in [0.25, 0.3) is 11.6 Å². The fraction of sp³-hybridized carbons (Fsp3) is 0.444. The number of nitrogens with two attached hydrogens (primary N) is 1. The van der Waals surface area contributed by atoms with Crippen LogP contribution in [0.15, 0.2) is 12.3 Å². The summed E-state index contributed by atoms with van der Waals surface area (Å²) in [6.45, 7) is 0.770. The largest absolute Gasteiger partial charge is 0.340 e. The molecule has 0 atom stereocenters. The Balaban J connectivity index is 2.95. The Kier molecular flexibility index (Phi) is 3.62. The third-order valence-electron chi connectivity index (χ3n) is 2.23. The zero-order valence-electron chi connectivity index (χ0n) is 9.21. The summed E-state index contributed by atoms with van der Waals surface area (Å²) < 4.78 is 1.44. The topological polar surface area (TPSA) is 94.4 Å². The molecule has 88 valence electrons. The van der Waals surface area contributed by atoms with Gasteiger partial charge in [0, 0.05) is 33.3 Å². The first-order chi connectivity index (χ1) is 7.47. The monoisotopic (exact) mass is 226 g/mol. The summed E-state index contributed by atoms with van der Waals surface area (Å²) in [4.78, 5) is 23.3. The molecule has 0 aliphatic carbocycles. The first-order valence-corrected chi connectivity index (χ1v) is 4.73. The Hall–Kier alpha value is -1.89. The molecule has 1 aromatic heterocycles. The second kappa shape index (κ2) is 4.75. The zero-order chi connectivity index (χ0) is 12.3. The lowest BCUT2D eigenvalue weighted by Crippen LogP contribution is -2.32. The van der Waals surface area contributed by atoms with Gasteiger partial charge < -0.3 is 15.2 Å². The maximum atomic E-state index is 11.8. The van der Waals surface area contributed by atoms with Gasteiger partial charge in [0.2, 0.25) is 0 Å². The third kappa shape index (κ3) is 2.37. The van der Waals surface area contributed by atoms with E-state index in [4.69, 9.17) is 5.73 Å². The lowest BCUT2D eigenvalue weighted by Gasteiger charge is -2.15. The van der Waals surface area contributed by atoms with Crippen LogP contribution in [0.1, 0.15) is 10.5 Å². The molecule has 7 nitrogen and oxygen atoms in total. The van der Waals surface area contributed by atoms with Crippen molar-refractivity contribution in [2.75, 3.05) is 20.1 Å². The van der Waals surface area contributed by atoms with Crippen LogP contribution in [-0.4, -0.2) is 40.4 Å². The molecular formula is C9H14N4O3. The van der Waals surface area contributed by atoms with Crippen molar-refractivity contribution < 1.29 is 9.72 Å². The Morgan fingerprint density at radius 3 is 2.75 bits per heavy atom. The fourth-order valence-corrected chi connectivity index (χ4v) is 1.35. The number of hydrogen-bond acceptors (Lipinski definition) is 4. The molecule has 0 unspecified atom stereocenters. The van der Waals surface area contributed by atoms with E-state index in [1.807, 2.05) is 0 Å². The molecule has 1 rings (SSSR count). The summed E-state index contributed by atoms with van der Waals surface area (Å²) in [5.41, 5.74) is 5.52. The van der Waals surface area contributed by atoms with E-state index in [-0.39, 0.29) is 17.3 Å². The van der Waals surface area contributed by atoms with Gasteiger partial charge in [-0.1, -0.05) is 0 Å². The average molecular weight is 226 g/mol. The summed E-state index contributed by atoms with van der Waals surface area (Å²) in [5, 5.41) is 10.5. The van der Waals surface area contributed by atoms with Gasteiger partial charge in [0.05, 0.1) is 11.1 Å². The van der Waals surface area contributed by atoms with Crippen molar-refractivity contribution >= 4 is 11.6 Å². The predicted octanol–water partition coefficient (Wildman–Crippen LogP) is -0.0360. The predicted molar refractivity (Wildman–Crippen MR) is 58.1 cm³/mol. The molecule has 0 spiro atoms. The fourth-order valence-electron chi connectivity index (χ4n) is 1.35. The first-order valence-electron chi connectivity index (χ1n) is 4.73. The highest BCUT2D eigenvalue weighted by atomic mass is 16.6. The van der Waals surface area contributed by atoms with Crippen LogP contribution in [0, 0.1) is 10.1 Å². The van der Waals surface area contributed by atoms with Crippen molar-refractivity contribution in [2.24, 2.45) is 12.8 Å². The van der Waals surface area contributed by atoms with Gasteiger partial charge in [-0.05, 0) is 0 Å². The van der Waals surface area contributed by atoms with Gasteiger partial charge >= 0.3 is 0 Å². The molecule has 2 N–H and O–H groups in total. The zero-order valence-corrected chi connectivity index (χ0v) is 9.21. The summed E-state index contributed by atoms with van der Waals surface area (Å²) >= 11 is 0. The molecule has 0 saturated heterocycles. The Morgan fingerprint density at radius 1 is 1.69 bits per heavy atom. The summed E-state index contributed by atoms with van der Waals surface area (Å²) in [6.07, 6.45) is 1.31. The minimum absolute atomic E-state index is 0.0907. The van der Waals surface area contributed by atoms with E-state index in [1.165, 1.54) is 21.7 Å². The van der Waals surface area contributed by atoms with E-state index in [0.29, 0.717) is 13.1 Å². The lowest BCUT2D eigenvalue weighted by molar-refractivity contribution is -0.384. The van der Waals surface area contributed by atoms with Crippen molar-refractivity contribution in [1.29, 1.82) is 0 Å². The maximum absolute atomic E-state index is 11.8. The molecule has 0 saturated carbocycles. The number of amides is 1. The van der Waals surface area contributed by atoms with Gasteiger partial charge in [0.1, 0.15) is 5.69 Å². The highest BCUT2D eigenvalue weighted by molar-refractivity contribution is 5.93. The van der Waals surface area contributed by atoms with Crippen LogP contribution < -0.4 is 5.73 Å². The lowest BCUT2D eigenvalue weighted by atomic mass is 10.3. The molecule has 7 heteroatoms. The molecule has 0 bridgehead atoms. The number of carbonyl (C=O) groups is 1. The number of carbonyl (C=O) groups excluding carboxylic acids is 1. The average Bonchev–Trinajstić information content (AvgIpc) is 2.60. The number of nitro groups is 1. The van der Waals surface area contributed by atoms with Crippen molar-refractivity contribution in [3.8, 4) is 0 Å². The number of aryl methyl sites for hydroxylation is 1. The van der Waals surface area contributed by atoms with Gasteiger partial charge in [-0.3, -0.25) is 14.9 Å². The Labute approximate surface area is 92.6 Å². The molecule has 0 radical (unpaired) electrons. The number of hydrogen-bond donors (Lipinski definition) is 1. The summed E-state index contributed by atoms with van der Waals surface area (Å²) in [6, 6.07) is 1.26. The van der Waals surface area contributed by atoms with Crippen molar-refractivity contribution in [2.45, 2.75) is 0 Å². The smallest absolute Gasteiger partial charge is 0.287 e. The second-order valence-electron chi connectivity index (χ2n) is 3.47. The third-order valence-corrected chi connectivity index (χ3v) is 2.23. The highest BCUT2D eigenvalue weighted by Crippen LogP contribution is 2.16. The molecule has 0 aliphatic rings. The first kappa shape index (κ1) is 12.2. The number of nitrogens with zero attached hydrogens (tertiary/aromatic N) is 3. The van der Waals surface area contributed by atoms with Gasteiger partial charge in [-0.25, -0.2) is 0 Å². The van der Waals surface area contributed by atoms with Crippen LogP contribution in [0.4, 0.5) is 5.69 Å². The second-order valence-corrected chi connectivity index (χ2v) is 3.47. The van der Waals surface area contributed by atoms with Gasteiger partial charge in [0.15, 0.2) is 0 Å². The van der Waals surface area contributed by atoms with Crippen LogP contribution in [0.3, 0.4) is 0 Å². The molecule has 16 heavy (non-hydrogen) atoms. The normalized spacial score (nSPS) is 10.2. The summed E-state index contributed by atoms with van der Waals surface area (Å²) in [7, 11) is 3.20. The summed E-state index contributed by atoms with van der Waals surface area (Å²) in [5.74, 6) is -0.277. The number of likely N-dealkylation sites (N-methyl/N-ethyl adjacent to an activating group) is 1. The Bertz CT molecular complexity index is 413. The minimum atomic E-state index is -0.528. The van der Waals surface area contributed by atoms with Crippen LogP contribution in [-0.2, 0) is 7.05 Å². The molecule has 1 aromatic rings. The Morgan fingerprint density at radius 2 is 2.31 bits per heavy atom. The molecular weight excluding hydrogens is 212 g/mol. The maximum Gasteiger partial charge on any atom is 0.287 e.